The molecular formula is C7H18IN3. The first-order valence-electron chi connectivity index (χ1n) is 3.54. The van der Waals surface area contributed by atoms with E-state index in [-0.39, 0.29) is 3.79 Å². The van der Waals surface area contributed by atoms with Crippen LogP contribution in [0, 0.1) is 0 Å². The molecule has 0 aliphatic heterocycles. The molecule has 0 N–H and O–H groups in total. The topological polar surface area (TPSA) is 9.72 Å². The highest BCUT2D eigenvalue weighted by atomic mass is 127. The lowest BCUT2D eigenvalue weighted by molar-refractivity contribution is -0.00791. The lowest BCUT2D eigenvalue weighted by Crippen LogP contribution is -2.59. The third-order valence-electron chi connectivity index (χ3n) is 1.71. The third-order valence-corrected chi connectivity index (χ3v) is 4.60. The minimum atomic E-state index is -0.0300. The van der Waals surface area contributed by atoms with Gasteiger partial charge in [-0.2, -0.15) is 0 Å². The van der Waals surface area contributed by atoms with Crippen LogP contribution in [0.3, 0.4) is 0 Å². The maximum absolute atomic E-state index is 2.42. The van der Waals surface area contributed by atoms with Crippen molar-refractivity contribution in [2.75, 3.05) is 42.3 Å². The van der Waals surface area contributed by atoms with Crippen LogP contribution < -0.4 is 0 Å². The summed E-state index contributed by atoms with van der Waals surface area (Å²) in [5.41, 5.74) is 0. The van der Waals surface area contributed by atoms with E-state index >= 15 is 0 Å². The van der Waals surface area contributed by atoms with E-state index in [0.717, 1.165) is 0 Å². The zero-order chi connectivity index (χ0) is 9.23. The van der Waals surface area contributed by atoms with Gasteiger partial charge in [0.2, 0.25) is 0 Å². The summed E-state index contributed by atoms with van der Waals surface area (Å²) in [6.45, 7) is 0. The van der Waals surface area contributed by atoms with E-state index in [9.17, 15) is 0 Å². The Kier molecular flexibility index (Phi) is 4.24. The number of rotatable bonds is 3. The first kappa shape index (κ1) is 11.6. The maximum atomic E-state index is 2.42. The Labute approximate surface area is 83.5 Å². The Hall–Kier alpha value is 0.610. The Morgan fingerprint density at radius 3 is 0.909 bits per heavy atom. The molecule has 0 fully saturated rings. The van der Waals surface area contributed by atoms with E-state index < -0.39 is 0 Å². The first-order valence-corrected chi connectivity index (χ1v) is 4.62. The first-order chi connectivity index (χ1) is 4.83. The predicted molar refractivity (Wildman–Crippen MR) is 57.8 cm³/mol. The van der Waals surface area contributed by atoms with Crippen molar-refractivity contribution in [2.24, 2.45) is 0 Å². The number of hydrogen-bond donors (Lipinski definition) is 0. The second-order valence-electron chi connectivity index (χ2n) is 3.24. The van der Waals surface area contributed by atoms with Crippen LogP contribution in [0.5, 0.6) is 0 Å². The summed E-state index contributed by atoms with van der Waals surface area (Å²) in [6, 6.07) is 0. The number of halogens is 1. The molecule has 11 heavy (non-hydrogen) atoms. The van der Waals surface area contributed by atoms with Crippen molar-refractivity contribution in [1.82, 2.24) is 14.7 Å². The predicted octanol–water partition coefficient (Wildman–Crippen LogP) is 0.717. The minimum Gasteiger partial charge on any atom is -0.270 e. The Morgan fingerprint density at radius 2 is 0.909 bits per heavy atom. The van der Waals surface area contributed by atoms with Gasteiger partial charge in [0.1, 0.15) is 0 Å². The van der Waals surface area contributed by atoms with E-state index in [1.54, 1.807) is 0 Å². The largest absolute Gasteiger partial charge is 0.270 e. The molecule has 0 rings (SSSR count). The van der Waals surface area contributed by atoms with Gasteiger partial charge in [-0.05, 0) is 64.9 Å². The second-order valence-corrected chi connectivity index (χ2v) is 4.68. The molecule has 0 aromatic carbocycles. The summed E-state index contributed by atoms with van der Waals surface area (Å²) in [4.78, 5) is 6.52. The molecule has 0 aromatic heterocycles. The standard InChI is InChI=1S/C7H18IN3/c1-9(2)7(8,10(3)4)11(5)6/h1-6H3. The lowest BCUT2D eigenvalue weighted by Gasteiger charge is -2.44. The van der Waals surface area contributed by atoms with E-state index in [2.05, 4.69) is 79.6 Å². The summed E-state index contributed by atoms with van der Waals surface area (Å²) < 4.78 is -0.0300. The summed E-state index contributed by atoms with van der Waals surface area (Å²) in [7, 11) is 12.5. The summed E-state index contributed by atoms with van der Waals surface area (Å²) >= 11 is 2.42. The minimum absolute atomic E-state index is 0.0300. The van der Waals surface area contributed by atoms with Gasteiger partial charge in [0, 0.05) is 0 Å². The molecule has 3 nitrogen and oxygen atoms in total. The number of nitrogens with zero attached hydrogens (tertiary/aromatic N) is 3. The van der Waals surface area contributed by atoms with Gasteiger partial charge in [0.15, 0.2) is 3.79 Å². The van der Waals surface area contributed by atoms with Crippen LogP contribution in [0.15, 0.2) is 0 Å². The van der Waals surface area contributed by atoms with Gasteiger partial charge in [-0.1, -0.05) is 0 Å². The highest BCUT2D eigenvalue weighted by Crippen LogP contribution is 2.25. The van der Waals surface area contributed by atoms with Crippen molar-refractivity contribution in [3.8, 4) is 0 Å². The van der Waals surface area contributed by atoms with Crippen LogP contribution in [0.2, 0.25) is 0 Å². The quantitative estimate of drug-likeness (QED) is 0.324. The third kappa shape index (κ3) is 2.27. The highest BCUT2D eigenvalue weighted by Gasteiger charge is 2.33. The molecule has 0 aliphatic rings. The molecule has 0 aliphatic carbocycles. The molecule has 0 heterocycles. The summed E-state index contributed by atoms with van der Waals surface area (Å²) in [6.07, 6.45) is 0. The lowest BCUT2D eigenvalue weighted by atomic mass is 10.6. The van der Waals surface area contributed by atoms with Crippen LogP contribution in [0.4, 0.5) is 0 Å². The monoisotopic (exact) mass is 271 g/mol. The van der Waals surface area contributed by atoms with E-state index in [4.69, 9.17) is 0 Å². The van der Waals surface area contributed by atoms with E-state index in [1.807, 2.05) is 0 Å². The molecule has 0 amide bonds. The molecule has 0 saturated carbocycles. The number of alkyl halides is 1. The summed E-state index contributed by atoms with van der Waals surface area (Å²) in [5, 5.41) is 0. The van der Waals surface area contributed by atoms with Crippen LogP contribution in [-0.2, 0) is 0 Å². The van der Waals surface area contributed by atoms with Crippen LogP contribution >= 0.6 is 22.6 Å². The smallest absolute Gasteiger partial charge is 0.183 e. The van der Waals surface area contributed by atoms with Gasteiger partial charge in [-0.3, -0.25) is 14.7 Å². The van der Waals surface area contributed by atoms with E-state index in [1.165, 1.54) is 0 Å². The van der Waals surface area contributed by atoms with Crippen molar-refractivity contribution < 1.29 is 0 Å². The number of hydrogen-bond acceptors (Lipinski definition) is 3. The van der Waals surface area contributed by atoms with Crippen LogP contribution in [-0.4, -0.2) is 60.8 Å². The average molecular weight is 271 g/mol. The van der Waals surface area contributed by atoms with Crippen molar-refractivity contribution in [3.63, 3.8) is 0 Å². The van der Waals surface area contributed by atoms with Crippen molar-refractivity contribution >= 4 is 22.6 Å². The Bertz CT molecular complexity index is 101. The van der Waals surface area contributed by atoms with E-state index in [0.29, 0.717) is 0 Å². The molecule has 0 bridgehead atoms. The molecule has 0 saturated heterocycles. The van der Waals surface area contributed by atoms with Crippen molar-refractivity contribution in [1.29, 1.82) is 0 Å². The Morgan fingerprint density at radius 1 is 0.727 bits per heavy atom. The van der Waals surface area contributed by atoms with Gasteiger partial charge in [0.25, 0.3) is 0 Å². The summed E-state index contributed by atoms with van der Waals surface area (Å²) in [5.74, 6) is 0. The molecule has 0 unspecified atom stereocenters. The van der Waals surface area contributed by atoms with Gasteiger partial charge >= 0.3 is 0 Å². The maximum Gasteiger partial charge on any atom is 0.183 e. The van der Waals surface area contributed by atoms with Gasteiger partial charge in [-0.15, -0.1) is 0 Å². The fourth-order valence-electron chi connectivity index (χ4n) is 1.20. The zero-order valence-electron chi connectivity index (χ0n) is 8.22. The highest BCUT2D eigenvalue weighted by molar-refractivity contribution is 14.1. The molecule has 0 spiro atoms. The van der Waals surface area contributed by atoms with Crippen molar-refractivity contribution in [3.05, 3.63) is 0 Å². The SMILES string of the molecule is CN(C)C(I)(N(C)C)N(C)C. The van der Waals surface area contributed by atoms with Crippen molar-refractivity contribution in [2.45, 2.75) is 3.79 Å². The van der Waals surface area contributed by atoms with Gasteiger partial charge in [0.05, 0.1) is 0 Å². The molecule has 0 atom stereocenters. The molecule has 4 heteroatoms. The zero-order valence-corrected chi connectivity index (χ0v) is 10.4. The van der Waals surface area contributed by atoms with Gasteiger partial charge < -0.3 is 0 Å². The average Bonchev–Trinajstić information content (AvgIpc) is 1.84. The van der Waals surface area contributed by atoms with Gasteiger partial charge in [-0.25, -0.2) is 0 Å². The Balaban J connectivity index is 4.53. The fraction of sp³-hybridized carbons (Fsp3) is 1.00. The molecular weight excluding hydrogens is 253 g/mol. The fourth-order valence-corrected chi connectivity index (χ4v) is 1.20. The van der Waals surface area contributed by atoms with Crippen LogP contribution in [0.25, 0.3) is 0 Å². The normalized spacial score (nSPS) is 13.6. The molecule has 0 radical (unpaired) electrons. The molecule has 68 valence electrons. The second kappa shape index (κ2) is 4.02. The van der Waals surface area contributed by atoms with Crippen LogP contribution in [0.1, 0.15) is 0 Å². The molecule has 0 aromatic rings.